The highest BCUT2D eigenvalue weighted by molar-refractivity contribution is 7.18. The van der Waals surface area contributed by atoms with Gasteiger partial charge in [0.05, 0.1) is 18.0 Å². The molecule has 0 aliphatic rings. The molecular formula is C17H16N4O3S. The van der Waals surface area contributed by atoms with Gasteiger partial charge in [0.15, 0.2) is 0 Å². The van der Waals surface area contributed by atoms with E-state index in [0.717, 1.165) is 10.4 Å². The number of aromatic amines is 1. The number of phenolic OH excluding ortho intramolecular Hbond substituents is 1. The van der Waals surface area contributed by atoms with Crippen LogP contribution in [0.2, 0.25) is 0 Å². The van der Waals surface area contributed by atoms with Gasteiger partial charge in [-0.1, -0.05) is 12.1 Å². The standard InChI is InChI=1S/C17H16N4O3S/c1-9-10(2)25-17-15(9)16(24)19-13(20-17)7-14(23)21-18-8-11-4-3-5-12(22)6-11/h3-6,8,22H,7H2,1-2H3,(H,21,23)(H,19,20,24)/b18-8+. The number of rotatable bonds is 4. The molecule has 0 spiro atoms. The minimum atomic E-state index is -0.399. The van der Waals surface area contributed by atoms with Gasteiger partial charge >= 0.3 is 0 Å². The van der Waals surface area contributed by atoms with Gasteiger partial charge in [-0.15, -0.1) is 11.3 Å². The van der Waals surface area contributed by atoms with Crippen molar-refractivity contribution in [1.29, 1.82) is 0 Å². The lowest BCUT2D eigenvalue weighted by Crippen LogP contribution is -2.23. The smallest absolute Gasteiger partial charge is 0.259 e. The lowest BCUT2D eigenvalue weighted by molar-refractivity contribution is -0.120. The number of fused-ring (bicyclic) bond motifs is 1. The number of amides is 1. The van der Waals surface area contributed by atoms with Crippen LogP contribution in [0.15, 0.2) is 34.2 Å². The van der Waals surface area contributed by atoms with Crippen LogP contribution in [-0.2, 0) is 11.2 Å². The third kappa shape index (κ3) is 3.74. The van der Waals surface area contributed by atoms with Crippen LogP contribution in [0.3, 0.4) is 0 Å². The lowest BCUT2D eigenvalue weighted by Gasteiger charge is -2.01. The maximum atomic E-state index is 12.2. The molecule has 0 aliphatic carbocycles. The van der Waals surface area contributed by atoms with E-state index >= 15 is 0 Å². The van der Waals surface area contributed by atoms with Crippen molar-refractivity contribution < 1.29 is 9.90 Å². The number of H-pyrrole nitrogens is 1. The number of hydrogen-bond acceptors (Lipinski definition) is 6. The number of hydrazone groups is 1. The van der Waals surface area contributed by atoms with Crippen LogP contribution in [0.4, 0.5) is 0 Å². The first-order valence-corrected chi connectivity index (χ1v) is 8.35. The van der Waals surface area contributed by atoms with E-state index in [4.69, 9.17) is 0 Å². The lowest BCUT2D eigenvalue weighted by atomic mass is 10.2. The van der Waals surface area contributed by atoms with Gasteiger partial charge in [-0.2, -0.15) is 5.10 Å². The summed E-state index contributed by atoms with van der Waals surface area (Å²) < 4.78 is 0. The van der Waals surface area contributed by atoms with E-state index in [1.54, 1.807) is 18.2 Å². The third-order valence-electron chi connectivity index (χ3n) is 3.69. The fraction of sp³-hybridized carbons (Fsp3) is 0.176. The monoisotopic (exact) mass is 356 g/mol. The van der Waals surface area contributed by atoms with Gasteiger partial charge in [-0.05, 0) is 37.1 Å². The number of aromatic hydroxyl groups is 1. The predicted molar refractivity (Wildman–Crippen MR) is 97.3 cm³/mol. The summed E-state index contributed by atoms with van der Waals surface area (Å²) in [6.07, 6.45) is 1.33. The second-order valence-electron chi connectivity index (χ2n) is 5.54. The number of aromatic nitrogens is 2. The zero-order valence-corrected chi connectivity index (χ0v) is 14.5. The Morgan fingerprint density at radius 3 is 3.00 bits per heavy atom. The number of thiophene rings is 1. The van der Waals surface area contributed by atoms with Crippen LogP contribution in [0.5, 0.6) is 5.75 Å². The average molecular weight is 356 g/mol. The Hall–Kier alpha value is -3.00. The summed E-state index contributed by atoms with van der Waals surface area (Å²) in [6.45, 7) is 3.82. The topological polar surface area (TPSA) is 107 Å². The molecule has 0 aliphatic heterocycles. The SMILES string of the molecule is Cc1sc2nc(CC(=O)N/N=C/c3cccc(O)c3)[nH]c(=O)c2c1C. The molecule has 2 heterocycles. The van der Waals surface area contributed by atoms with Crippen molar-refractivity contribution in [2.45, 2.75) is 20.3 Å². The Bertz CT molecular complexity index is 1040. The number of nitrogens with zero attached hydrogens (tertiary/aromatic N) is 2. The molecule has 0 atom stereocenters. The summed E-state index contributed by atoms with van der Waals surface area (Å²) in [5.74, 6) is 0.0135. The molecule has 0 saturated carbocycles. The van der Waals surface area contributed by atoms with Gasteiger partial charge < -0.3 is 10.1 Å². The Kier molecular flexibility index (Phi) is 4.62. The van der Waals surface area contributed by atoms with Crippen molar-refractivity contribution in [3.05, 3.63) is 56.4 Å². The number of nitrogens with one attached hydrogen (secondary N) is 2. The molecule has 0 radical (unpaired) electrons. The van der Waals surface area contributed by atoms with Gasteiger partial charge in [0.2, 0.25) is 5.91 Å². The summed E-state index contributed by atoms with van der Waals surface area (Å²) in [5.41, 5.74) is 3.70. The molecule has 0 saturated heterocycles. The maximum Gasteiger partial charge on any atom is 0.259 e. The second kappa shape index (κ2) is 6.86. The van der Waals surface area contributed by atoms with E-state index < -0.39 is 5.91 Å². The molecule has 0 unspecified atom stereocenters. The van der Waals surface area contributed by atoms with Crippen molar-refractivity contribution in [2.75, 3.05) is 0 Å². The van der Waals surface area contributed by atoms with Gasteiger partial charge in [-0.3, -0.25) is 9.59 Å². The molecule has 0 bridgehead atoms. The number of hydrogen-bond donors (Lipinski definition) is 3. The van der Waals surface area contributed by atoms with Crippen LogP contribution in [0.25, 0.3) is 10.2 Å². The highest BCUT2D eigenvalue weighted by Gasteiger charge is 2.13. The molecule has 3 rings (SSSR count). The molecule has 0 fully saturated rings. The van der Waals surface area contributed by atoms with E-state index in [2.05, 4.69) is 20.5 Å². The first kappa shape index (κ1) is 16.8. The van der Waals surface area contributed by atoms with Gasteiger partial charge in [0, 0.05) is 4.88 Å². The minimum absolute atomic E-state index is 0.0848. The highest BCUT2D eigenvalue weighted by Crippen LogP contribution is 2.25. The fourth-order valence-electron chi connectivity index (χ4n) is 2.36. The largest absolute Gasteiger partial charge is 0.508 e. The van der Waals surface area contributed by atoms with E-state index in [1.165, 1.54) is 23.6 Å². The molecule has 2 aromatic heterocycles. The van der Waals surface area contributed by atoms with Crippen LogP contribution in [0, 0.1) is 13.8 Å². The molecule has 3 aromatic rings. The highest BCUT2D eigenvalue weighted by atomic mass is 32.1. The number of carbonyl (C=O) groups is 1. The van der Waals surface area contributed by atoms with Crippen molar-refractivity contribution >= 4 is 33.7 Å². The normalized spacial score (nSPS) is 11.3. The minimum Gasteiger partial charge on any atom is -0.508 e. The molecule has 1 aromatic carbocycles. The molecule has 1 amide bonds. The van der Waals surface area contributed by atoms with E-state index in [-0.39, 0.29) is 17.7 Å². The van der Waals surface area contributed by atoms with Crippen molar-refractivity contribution in [2.24, 2.45) is 5.10 Å². The Labute approximate surface area is 147 Å². The summed E-state index contributed by atoms with van der Waals surface area (Å²) in [6, 6.07) is 6.48. The molecular weight excluding hydrogens is 340 g/mol. The van der Waals surface area contributed by atoms with Gasteiger partial charge in [0.1, 0.15) is 16.4 Å². The van der Waals surface area contributed by atoms with Crippen LogP contribution in [-0.4, -0.2) is 27.2 Å². The van der Waals surface area contributed by atoms with Crippen molar-refractivity contribution in [1.82, 2.24) is 15.4 Å². The summed E-state index contributed by atoms with van der Waals surface area (Å²) in [4.78, 5) is 32.8. The molecule has 8 heteroatoms. The van der Waals surface area contributed by atoms with E-state index in [0.29, 0.717) is 21.6 Å². The average Bonchev–Trinajstić information content (AvgIpc) is 2.82. The predicted octanol–water partition coefficient (Wildman–Crippen LogP) is 2.00. The zero-order valence-electron chi connectivity index (χ0n) is 13.7. The van der Waals surface area contributed by atoms with E-state index in [1.807, 2.05) is 13.8 Å². The molecule has 7 nitrogen and oxygen atoms in total. The Balaban J connectivity index is 1.71. The maximum absolute atomic E-state index is 12.2. The molecule has 25 heavy (non-hydrogen) atoms. The third-order valence-corrected chi connectivity index (χ3v) is 4.79. The van der Waals surface area contributed by atoms with Gasteiger partial charge in [0.25, 0.3) is 5.56 Å². The fourth-order valence-corrected chi connectivity index (χ4v) is 3.41. The second-order valence-corrected chi connectivity index (χ2v) is 6.74. The van der Waals surface area contributed by atoms with Crippen LogP contribution < -0.4 is 11.0 Å². The van der Waals surface area contributed by atoms with E-state index in [9.17, 15) is 14.7 Å². The first-order chi connectivity index (χ1) is 11.9. The van der Waals surface area contributed by atoms with Crippen LogP contribution >= 0.6 is 11.3 Å². The summed E-state index contributed by atoms with van der Waals surface area (Å²) in [5, 5.41) is 13.8. The Morgan fingerprint density at radius 1 is 1.44 bits per heavy atom. The van der Waals surface area contributed by atoms with Crippen molar-refractivity contribution in [3.8, 4) is 5.75 Å². The first-order valence-electron chi connectivity index (χ1n) is 7.54. The summed E-state index contributed by atoms with van der Waals surface area (Å²) >= 11 is 1.43. The molecule has 128 valence electrons. The number of phenols is 1. The van der Waals surface area contributed by atoms with Crippen molar-refractivity contribution in [3.63, 3.8) is 0 Å². The Morgan fingerprint density at radius 2 is 2.24 bits per heavy atom. The molecule has 3 N–H and O–H groups in total. The number of benzene rings is 1. The number of carbonyl (C=O) groups excluding carboxylic acids is 1. The number of aryl methyl sites for hydroxylation is 2. The van der Waals surface area contributed by atoms with Crippen LogP contribution in [0.1, 0.15) is 21.8 Å². The quantitative estimate of drug-likeness (QED) is 0.491. The van der Waals surface area contributed by atoms with Gasteiger partial charge in [-0.25, -0.2) is 10.4 Å². The zero-order chi connectivity index (χ0) is 18.0. The summed E-state index contributed by atoms with van der Waals surface area (Å²) in [7, 11) is 0.